The average Bonchev–Trinajstić information content (AvgIpc) is 2.47. The highest BCUT2D eigenvalue weighted by atomic mass is 32.2. The van der Waals surface area contributed by atoms with Crippen LogP contribution in [-0.2, 0) is 10.0 Å². The Morgan fingerprint density at radius 3 is 2.48 bits per heavy atom. The van der Waals surface area contributed by atoms with E-state index in [-0.39, 0.29) is 11.6 Å². The van der Waals surface area contributed by atoms with Gasteiger partial charge in [-0.05, 0) is 50.8 Å². The fourth-order valence-corrected chi connectivity index (χ4v) is 4.11. The van der Waals surface area contributed by atoms with Gasteiger partial charge in [0.05, 0.1) is 0 Å². The second-order valence-electron chi connectivity index (χ2n) is 6.36. The number of hydrogen-bond donors (Lipinski definition) is 1. The lowest BCUT2D eigenvalue weighted by Gasteiger charge is -2.29. The van der Waals surface area contributed by atoms with Gasteiger partial charge in [-0.1, -0.05) is 6.92 Å². The van der Waals surface area contributed by atoms with Crippen LogP contribution in [0.1, 0.15) is 44.0 Å². The molecule has 2 rings (SSSR count). The molecule has 1 aromatic carbocycles. The van der Waals surface area contributed by atoms with E-state index < -0.39 is 26.6 Å². The second kappa shape index (κ2) is 6.97. The van der Waals surface area contributed by atoms with Crippen molar-refractivity contribution in [2.24, 2.45) is 5.92 Å². The standard InChI is InChI=1S/C16H23FN2O3S/c1-11(2)18-16(20)13-4-5-14(17)15(10-13)23(21,22)19-8-6-12(3)7-9-19/h4-5,10-12H,6-9H2,1-3H3,(H,18,20). The summed E-state index contributed by atoms with van der Waals surface area (Å²) in [5.74, 6) is -0.775. The maximum Gasteiger partial charge on any atom is 0.251 e. The molecule has 1 heterocycles. The van der Waals surface area contributed by atoms with E-state index in [1.54, 1.807) is 13.8 Å². The molecule has 5 nitrogen and oxygen atoms in total. The summed E-state index contributed by atoms with van der Waals surface area (Å²) in [6.07, 6.45) is 1.52. The van der Waals surface area contributed by atoms with Crippen LogP contribution in [0.15, 0.2) is 23.1 Å². The smallest absolute Gasteiger partial charge is 0.251 e. The van der Waals surface area contributed by atoms with E-state index in [9.17, 15) is 17.6 Å². The van der Waals surface area contributed by atoms with Crippen LogP contribution in [0.3, 0.4) is 0 Å². The van der Waals surface area contributed by atoms with E-state index in [1.165, 1.54) is 10.4 Å². The molecule has 1 N–H and O–H groups in total. The molecular weight excluding hydrogens is 319 g/mol. The van der Waals surface area contributed by atoms with Crippen molar-refractivity contribution in [2.45, 2.75) is 44.6 Å². The van der Waals surface area contributed by atoms with Crippen LogP contribution in [0.5, 0.6) is 0 Å². The van der Waals surface area contributed by atoms with Gasteiger partial charge in [-0.15, -0.1) is 0 Å². The maximum atomic E-state index is 14.1. The molecule has 0 bridgehead atoms. The van der Waals surface area contributed by atoms with Gasteiger partial charge in [-0.25, -0.2) is 12.8 Å². The second-order valence-corrected chi connectivity index (χ2v) is 8.27. The first-order valence-electron chi connectivity index (χ1n) is 7.82. The molecule has 0 aliphatic carbocycles. The van der Waals surface area contributed by atoms with Gasteiger partial charge in [0.15, 0.2) is 0 Å². The Morgan fingerprint density at radius 1 is 1.30 bits per heavy atom. The van der Waals surface area contributed by atoms with Crippen molar-refractivity contribution in [3.05, 3.63) is 29.6 Å². The number of piperidine rings is 1. The van der Waals surface area contributed by atoms with E-state index in [0.717, 1.165) is 25.0 Å². The Hall–Kier alpha value is -1.47. The van der Waals surface area contributed by atoms with Crippen molar-refractivity contribution >= 4 is 15.9 Å². The summed E-state index contributed by atoms with van der Waals surface area (Å²) in [5.41, 5.74) is 0.143. The lowest BCUT2D eigenvalue weighted by molar-refractivity contribution is 0.0943. The highest BCUT2D eigenvalue weighted by molar-refractivity contribution is 7.89. The van der Waals surface area contributed by atoms with Gasteiger partial charge in [0.1, 0.15) is 10.7 Å². The van der Waals surface area contributed by atoms with Crippen LogP contribution in [0.2, 0.25) is 0 Å². The molecule has 0 atom stereocenters. The molecule has 7 heteroatoms. The fraction of sp³-hybridized carbons (Fsp3) is 0.562. The quantitative estimate of drug-likeness (QED) is 0.913. The van der Waals surface area contributed by atoms with Gasteiger partial charge in [0, 0.05) is 24.7 Å². The number of hydrogen-bond acceptors (Lipinski definition) is 3. The van der Waals surface area contributed by atoms with Crippen molar-refractivity contribution in [1.82, 2.24) is 9.62 Å². The monoisotopic (exact) mass is 342 g/mol. The predicted octanol–water partition coefficient (Wildman–Crippen LogP) is 2.38. The van der Waals surface area contributed by atoms with Crippen molar-refractivity contribution in [1.29, 1.82) is 0 Å². The molecule has 1 fully saturated rings. The molecule has 1 saturated heterocycles. The Labute approximate surface area is 136 Å². The normalized spacial score (nSPS) is 17.4. The molecule has 1 amide bonds. The first kappa shape index (κ1) is 17.9. The average molecular weight is 342 g/mol. The molecule has 0 aromatic heterocycles. The van der Waals surface area contributed by atoms with Gasteiger partial charge >= 0.3 is 0 Å². The van der Waals surface area contributed by atoms with Crippen LogP contribution >= 0.6 is 0 Å². The summed E-state index contributed by atoms with van der Waals surface area (Å²) in [6.45, 7) is 6.43. The number of benzene rings is 1. The van der Waals surface area contributed by atoms with Crippen molar-refractivity contribution < 1.29 is 17.6 Å². The zero-order valence-corrected chi connectivity index (χ0v) is 14.5. The number of sulfonamides is 1. The predicted molar refractivity (Wildman–Crippen MR) is 86.2 cm³/mol. The Bertz CT molecular complexity index is 681. The fourth-order valence-electron chi connectivity index (χ4n) is 2.55. The number of nitrogens with zero attached hydrogens (tertiary/aromatic N) is 1. The van der Waals surface area contributed by atoms with E-state index in [2.05, 4.69) is 12.2 Å². The molecule has 0 radical (unpaired) electrons. The highest BCUT2D eigenvalue weighted by Crippen LogP contribution is 2.25. The highest BCUT2D eigenvalue weighted by Gasteiger charge is 2.31. The Kier molecular flexibility index (Phi) is 5.41. The van der Waals surface area contributed by atoms with Crippen LogP contribution < -0.4 is 5.32 Å². The third-order valence-corrected chi connectivity index (χ3v) is 5.89. The van der Waals surface area contributed by atoms with Gasteiger partial charge < -0.3 is 5.32 Å². The lowest BCUT2D eigenvalue weighted by Crippen LogP contribution is -2.38. The van der Waals surface area contributed by atoms with E-state index in [0.29, 0.717) is 19.0 Å². The minimum atomic E-state index is -3.92. The number of amides is 1. The zero-order valence-electron chi connectivity index (χ0n) is 13.7. The van der Waals surface area contributed by atoms with Gasteiger partial charge in [0.2, 0.25) is 10.0 Å². The summed E-state index contributed by atoms with van der Waals surface area (Å²) in [7, 11) is -3.92. The molecule has 0 unspecified atom stereocenters. The Balaban J connectivity index is 2.32. The number of carbonyl (C=O) groups is 1. The topological polar surface area (TPSA) is 66.5 Å². The summed E-state index contributed by atoms with van der Waals surface area (Å²) in [6, 6.07) is 3.37. The van der Waals surface area contributed by atoms with Gasteiger partial charge in [-0.2, -0.15) is 4.31 Å². The number of halogens is 1. The zero-order chi connectivity index (χ0) is 17.2. The molecule has 23 heavy (non-hydrogen) atoms. The molecule has 0 spiro atoms. The summed E-state index contributed by atoms with van der Waals surface area (Å²) < 4.78 is 40.7. The van der Waals surface area contributed by atoms with Crippen LogP contribution in [-0.4, -0.2) is 37.8 Å². The third kappa shape index (κ3) is 4.09. The van der Waals surface area contributed by atoms with Crippen molar-refractivity contribution in [2.75, 3.05) is 13.1 Å². The molecule has 1 aliphatic rings. The van der Waals surface area contributed by atoms with Crippen LogP contribution in [0, 0.1) is 11.7 Å². The Morgan fingerprint density at radius 2 is 1.91 bits per heavy atom. The first-order chi connectivity index (χ1) is 10.7. The van der Waals surface area contributed by atoms with Crippen LogP contribution in [0.4, 0.5) is 4.39 Å². The minimum Gasteiger partial charge on any atom is -0.350 e. The molecule has 0 saturated carbocycles. The first-order valence-corrected chi connectivity index (χ1v) is 9.26. The molecular formula is C16H23FN2O3S. The lowest BCUT2D eigenvalue weighted by atomic mass is 10.0. The molecule has 1 aromatic rings. The van der Waals surface area contributed by atoms with E-state index >= 15 is 0 Å². The maximum absolute atomic E-state index is 14.1. The summed E-state index contributed by atoms with van der Waals surface area (Å²) in [4.78, 5) is 11.6. The van der Waals surface area contributed by atoms with Gasteiger partial charge in [-0.3, -0.25) is 4.79 Å². The number of rotatable bonds is 4. The number of carbonyl (C=O) groups excluding carboxylic acids is 1. The third-order valence-electron chi connectivity index (χ3n) is 3.97. The largest absolute Gasteiger partial charge is 0.350 e. The van der Waals surface area contributed by atoms with E-state index in [1.807, 2.05) is 0 Å². The molecule has 128 valence electrons. The van der Waals surface area contributed by atoms with Crippen molar-refractivity contribution in [3.63, 3.8) is 0 Å². The summed E-state index contributed by atoms with van der Waals surface area (Å²) >= 11 is 0. The van der Waals surface area contributed by atoms with Crippen molar-refractivity contribution in [3.8, 4) is 0 Å². The van der Waals surface area contributed by atoms with Gasteiger partial charge in [0.25, 0.3) is 5.91 Å². The SMILES string of the molecule is CC1CCN(S(=O)(=O)c2cc(C(=O)NC(C)C)ccc2F)CC1. The molecule has 1 aliphatic heterocycles. The summed E-state index contributed by atoms with van der Waals surface area (Å²) in [5, 5.41) is 2.67. The van der Waals surface area contributed by atoms with E-state index in [4.69, 9.17) is 0 Å². The van der Waals surface area contributed by atoms with Crippen LogP contribution in [0.25, 0.3) is 0 Å². The minimum absolute atomic E-state index is 0.0869. The number of nitrogens with one attached hydrogen (secondary N) is 1.